The Morgan fingerprint density at radius 1 is 1.17 bits per heavy atom. The van der Waals surface area contributed by atoms with Crippen molar-refractivity contribution < 1.29 is 23.5 Å². The predicted molar refractivity (Wildman–Crippen MR) is 78.4 cm³/mol. The molecule has 2 aliphatic rings. The molecule has 0 spiro atoms. The molecule has 1 aromatic rings. The summed E-state index contributed by atoms with van der Waals surface area (Å²) in [5.74, 6) is -4.25. The van der Waals surface area contributed by atoms with Crippen LogP contribution in [0.15, 0.2) is 24.3 Å². The van der Waals surface area contributed by atoms with Gasteiger partial charge in [0.15, 0.2) is 0 Å². The van der Waals surface area contributed by atoms with Crippen LogP contribution in [0.25, 0.3) is 0 Å². The van der Waals surface area contributed by atoms with Crippen molar-refractivity contribution in [3.63, 3.8) is 0 Å². The van der Waals surface area contributed by atoms with Crippen molar-refractivity contribution in [1.29, 1.82) is 0 Å². The van der Waals surface area contributed by atoms with Crippen molar-refractivity contribution in [3.8, 4) is 0 Å². The zero-order valence-electron chi connectivity index (χ0n) is 12.4. The Balaban J connectivity index is 1.69. The first-order chi connectivity index (χ1) is 10.8. The van der Waals surface area contributed by atoms with Crippen LogP contribution in [0, 0.1) is 0 Å². The minimum atomic E-state index is -2.81. The Bertz CT molecular complexity index is 627. The smallest absolute Gasteiger partial charge is 0.335 e. The van der Waals surface area contributed by atoms with Gasteiger partial charge in [-0.25, -0.2) is 13.6 Å². The average molecular weight is 324 g/mol. The molecule has 1 saturated carbocycles. The molecule has 1 aromatic carbocycles. The SMILES string of the molecule is O=C(O)c1ccc(C2(NC(=O)C3CC(F)(F)CCN3)CC2)cc1. The second kappa shape index (κ2) is 5.56. The first-order valence-corrected chi connectivity index (χ1v) is 7.58. The summed E-state index contributed by atoms with van der Waals surface area (Å²) < 4.78 is 26.9. The van der Waals surface area contributed by atoms with Gasteiger partial charge in [0.1, 0.15) is 0 Å². The van der Waals surface area contributed by atoms with Gasteiger partial charge in [-0.1, -0.05) is 12.1 Å². The van der Waals surface area contributed by atoms with Gasteiger partial charge in [0.25, 0.3) is 5.92 Å². The number of benzene rings is 1. The largest absolute Gasteiger partial charge is 0.478 e. The van der Waals surface area contributed by atoms with Crippen LogP contribution in [-0.2, 0) is 10.3 Å². The molecule has 1 heterocycles. The first-order valence-electron chi connectivity index (χ1n) is 7.58. The zero-order valence-corrected chi connectivity index (χ0v) is 12.4. The number of piperidine rings is 1. The van der Waals surface area contributed by atoms with Crippen LogP contribution in [0.5, 0.6) is 0 Å². The van der Waals surface area contributed by atoms with E-state index >= 15 is 0 Å². The normalized spacial score (nSPS) is 24.7. The van der Waals surface area contributed by atoms with Crippen molar-refractivity contribution >= 4 is 11.9 Å². The zero-order chi connectivity index (χ0) is 16.7. The summed E-state index contributed by atoms with van der Waals surface area (Å²) in [5.41, 5.74) is 0.422. The van der Waals surface area contributed by atoms with E-state index in [-0.39, 0.29) is 18.5 Å². The summed E-state index contributed by atoms with van der Waals surface area (Å²) in [6.07, 6.45) is 0.688. The molecule has 1 atom stereocenters. The maximum absolute atomic E-state index is 13.4. The Morgan fingerprint density at radius 2 is 1.83 bits per heavy atom. The second-order valence-electron chi connectivity index (χ2n) is 6.27. The Hall–Kier alpha value is -2.02. The summed E-state index contributed by atoms with van der Waals surface area (Å²) in [6.45, 7) is 0.116. The summed E-state index contributed by atoms with van der Waals surface area (Å²) in [5, 5.41) is 14.6. The molecule has 124 valence electrons. The molecule has 7 heteroatoms. The number of hydrogen-bond donors (Lipinski definition) is 3. The third-order valence-corrected chi connectivity index (χ3v) is 4.50. The Morgan fingerprint density at radius 3 is 2.35 bits per heavy atom. The van der Waals surface area contributed by atoms with Gasteiger partial charge < -0.3 is 15.7 Å². The summed E-state index contributed by atoms with van der Waals surface area (Å²) in [7, 11) is 0. The third kappa shape index (κ3) is 3.34. The maximum atomic E-state index is 13.4. The predicted octanol–water partition coefficient (Wildman–Crippen LogP) is 1.88. The lowest BCUT2D eigenvalue weighted by Gasteiger charge is -2.30. The molecular formula is C16H18F2N2O3. The van der Waals surface area contributed by atoms with E-state index in [1.807, 2.05) is 0 Å². The number of carboxylic acids is 1. The highest BCUT2D eigenvalue weighted by Crippen LogP contribution is 2.45. The molecule has 0 aromatic heterocycles. The molecule has 3 N–H and O–H groups in total. The molecule has 1 saturated heterocycles. The number of nitrogens with one attached hydrogen (secondary N) is 2. The number of carboxylic acid groups (broad SMARTS) is 1. The fraction of sp³-hybridized carbons (Fsp3) is 0.500. The Kier molecular flexibility index (Phi) is 3.83. The number of amides is 1. The Labute approximate surface area is 132 Å². The third-order valence-electron chi connectivity index (χ3n) is 4.50. The fourth-order valence-electron chi connectivity index (χ4n) is 2.95. The van der Waals surface area contributed by atoms with Crippen molar-refractivity contribution in [2.75, 3.05) is 6.54 Å². The van der Waals surface area contributed by atoms with Gasteiger partial charge in [0.2, 0.25) is 5.91 Å². The van der Waals surface area contributed by atoms with Gasteiger partial charge >= 0.3 is 5.97 Å². The standard InChI is InChI=1S/C16H18F2N2O3/c17-16(18)7-8-19-12(9-16)13(21)20-15(5-6-15)11-3-1-10(2-4-11)14(22)23/h1-4,12,19H,5-9H2,(H,20,21)(H,22,23). The lowest BCUT2D eigenvalue weighted by atomic mass is 9.98. The lowest BCUT2D eigenvalue weighted by molar-refractivity contribution is -0.129. The van der Waals surface area contributed by atoms with E-state index in [1.165, 1.54) is 12.1 Å². The molecule has 5 nitrogen and oxygen atoms in total. The number of hydrogen-bond acceptors (Lipinski definition) is 3. The molecule has 3 rings (SSSR count). The van der Waals surface area contributed by atoms with Crippen molar-refractivity contribution in [2.45, 2.75) is 43.2 Å². The maximum Gasteiger partial charge on any atom is 0.335 e. The topological polar surface area (TPSA) is 78.4 Å². The number of carbonyl (C=O) groups is 2. The van der Waals surface area contributed by atoms with Crippen molar-refractivity contribution in [1.82, 2.24) is 10.6 Å². The number of rotatable bonds is 4. The van der Waals surface area contributed by atoms with Crippen LogP contribution < -0.4 is 10.6 Å². The lowest BCUT2D eigenvalue weighted by Crippen LogP contribution is -2.53. The number of aromatic carboxylic acids is 1. The summed E-state index contributed by atoms with van der Waals surface area (Å²) in [4.78, 5) is 23.2. The second-order valence-corrected chi connectivity index (χ2v) is 6.27. The highest BCUT2D eigenvalue weighted by atomic mass is 19.3. The molecule has 0 radical (unpaired) electrons. The van der Waals surface area contributed by atoms with Crippen molar-refractivity contribution in [3.05, 3.63) is 35.4 Å². The van der Waals surface area contributed by atoms with E-state index in [1.54, 1.807) is 12.1 Å². The first kappa shape index (κ1) is 15.9. The molecule has 1 amide bonds. The highest BCUT2D eigenvalue weighted by Gasteiger charge is 2.48. The summed E-state index contributed by atoms with van der Waals surface area (Å²) >= 11 is 0. The highest BCUT2D eigenvalue weighted by molar-refractivity contribution is 5.87. The van der Waals surface area contributed by atoms with Crippen molar-refractivity contribution in [2.24, 2.45) is 0 Å². The van der Waals surface area contributed by atoms with E-state index in [0.717, 1.165) is 5.56 Å². The van der Waals surface area contributed by atoms with Crippen LogP contribution in [0.2, 0.25) is 0 Å². The molecule has 23 heavy (non-hydrogen) atoms. The van der Waals surface area contributed by atoms with E-state index in [0.29, 0.717) is 12.8 Å². The molecule has 0 bridgehead atoms. The molecule has 1 aliphatic heterocycles. The quantitative estimate of drug-likeness (QED) is 0.790. The van der Waals surface area contributed by atoms with Gasteiger partial charge in [0, 0.05) is 19.4 Å². The molecule has 1 unspecified atom stereocenters. The van der Waals surface area contributed by atoms with Crippen LogP contribution >= 0.6 is 0 Å². The van der Waals surface area contributed by atoms with Gasteiger partial charge in [-0.3, -0.25) is 4.79 Å². The molecule has 2 fully saturated rings. The number of carbonyl (C=O) groups excluding carboxylic acids is 1. The molecule has 1 aliphatic carbocycles. The fourth-order valence-corrected chi connectivity index (χ4v) is 2.95. The van der Waals surface area contributed by atoms with E-state index in [9.17, 15) is 18.4 Å². The van der Waals surface area contributed by atoms with Crippen LogP contribution in [0.3, 0.4) is 0 Å². The monoisotopic (exact) mass is 324 g/mol. The summed E-state index contributed by atoms with van der Waals surface area (Å²) in [6, 6.07) is 5.40. The number of halogens is 2. The van der Waals surface area contributed by atoms with E-state index < -0.39 is 35.8 Å². The van der Waals surface area contributed by atoms with Crippen LogP contribution in [0.1, 0.15) is 41.6 Å². The number of alkyl halides is 2. The van der Waals surface area contributed by atoms with Gasteiger partial charge in [-0.05, 0) is 30.5 Å². The minimum Gasteiger partial charge on any atom is -0.478 e. The van der Waals surface area contributed by atoms with Crippen LogP contribution in [-0.4, -0.2) is 35.5 Å². The van der Waals surface area contributed by atoms with Gasteiger partial charge in [-0.15, -0.1) is 0 Å². The molecular weight excluding hydrogens is 306 g/mol. The van der Waals surface area contributed by atoms with Gasteiger partial charge in [0.05, 0.1) is 17.1 Å². The van der Waals surface area contributed by atoms with Gasteiger partial charge in [-0.2, -0.15) is 0 Å². The average Bonchev–Trinajstić information content (AvgIpc) is 3.27. The van der Waals surface area contributed by atoms with Crippen LogP contribution in [0.4, 0.5) is 8.78 Å². The van der Waals surface area contributed by atoms with E-state index in [2.05, 4.69) is 10.6 Å². The minimum absolute atomic E-state index is 0.116. The van der Waals surface area contributed by atoms with E-state index in [4.69, 9.17) is 5.11 Å².